The predicted molar refractivity (Wildman–Crippen MR) is 77.4 cm³/mol. The molecule has 0 aromatic heterocycles. The minimum absolute atomic E-state index is 0.0705. The van der Waals surface area contributed by atoms with Crippen LogP contribution in [0.1, 0.15) is 5.56 Å². The summed E-state index contributed by atoms with van der Waals surface area (Å²) in [5.74, 6) is 0.220. The maximum absolute atomic E-state index is 11.6. The number of carbonyl (C=O) groups excluding carboxylic acids is 1. The number of nitrogens with one attached hydrogen (secondary N) is 1. The van der Waals surface area contributed by atoms with Crippen LogP contribution in [0.5, 0.6) is 5.75 Å². The number of halogens is 1. The van der Waals surface area contributed by atoms with Crippen molar-refractivity contribution in [1.82, 2.24) is 5.32 Å². The van der Waals surface area contributed by atoms with Crippen LogP contribution in [0.2, 0.25) is 5.02 Å². The van der Waals surface area contributed by atoms with Crippen molar-refractivity contribution in [2.24, 2.45) is 0 Å². The van der Waals surface area contributed by atoms with Crippen LogP contribution in [0.4, 0.5) is 10.5 Å². The Morgan fingerprint density at radius 1 is 1.19 bits per heavy atom. The van der Waals surface area contributed by atoms with Crippen molar-refractivity contribution in [3.05, 3.63) is 69.2 Å². The molecule has 0 atom stereocenters. The molecule has 0 bridgehead atoms. The van der Waals surface area contributed by atoms with Gasteiger partial charge in [0.05, 0.1) is 4.92 Å². The molecule has 0 radical (unpaired) electrons. The normalized spacial score (nSPS) is 9.95. The van der Waals surface area contributed by atoms with Crippen molar-refractivity contribution < 1.29 is 14.5 Å². The molecule has 0 spiro atoms. The average Bonchev–Trinajstić information content (AvgIpc) is 2.47. The summed E-state index contributed by atoms with van der Waals surface area (Å²) in [6, 6.07) is 12.3. The van der Waals surface area contributed by atoms with E-state index >= 15 is 0 Å². The summed E-state index contributed by atoms with van der Waals surface area (Å²) in [6.45, 7) is 0.228. The fourth-order valence-electron chi connectivity index (χ4n) is 1.59. The number of amides is 1. The molecule has 7 heteroatoms. The molecule has 2 aromatic rings. The van der Waals surface area contributed by atoms with Crippen molar-refractivity contribution in [2.75, 3.05) is 0 Å². The lowest BCUT2D eigenvalue weighted by molar-refractivity contribution is -0.384. The van der Waals surface area contributed by atoms with Gasteiger partial charge in [0.15, 0.2) is 0 Å². The third-order valence-electron chi connectivity index (χ3n) is 2.64. The van der Waals surface area contributed by atoms with Crippen LogP contribution in [0, 0.1) is 10.1 Å². The van der Waals surface area contributed by atoms with Gasteiger partial charge in [-0.2, -0.15) is 0 Å². The first kappa shape index (κ1) is 14.8. The maximum Gasteiger partial charge on any atom is 0.412 e. The van der Waals surface area contributed by atoms with Gasteiger partial charge in [0.2, 0.25) is 0 Å². The summed E-state index contributed by atoms with van der Waals surface area (Å²) in [6.07, 6.45) is -0.663. The van der Waals surface area contributed by atoms with Crippen molar-refractivity contribution in [3.8, 4) is 5.75 Å². The SMILES string of the molecule is O=C(NCc1ccccc1Cl)Oc1ccc([N+](=O)[O-])cc1. The molecule has 0 aliphatic heterocycles. The zero-order chi connectivity index (χ0) is 15.2. The number of ether oxygens (including phenoxy) is 1. The minimum atomic E-state index is -0.663. The molecule has 0 fully saturated rings. The van der Waals surface area contributed by atoms with Gasteiger partial charge in [0, 0.05) is 23.7 Å². The summed E-state index contributed by atoms with van der Waals surface area (Å²) in [7, 11) is 0. The highest BCUT2D eigenvalue weighted by Crippen LogP contribution is 2.18. The smallest absolute Gasteiger partial charge is 0.410 e. The number of benzene rings is 2. The van der Waals surface area contributed by atoms with E-state index in [4.69, 9.17) is 16.3 Å². The summed E-state index contributed by atoms with van der Waals surface area (Å²) in [5.41, 5.74) is 0.693. The Bertz CT molecular complexity index is 658. The van der Waals surface area contributed by atoms with Gasteiger partial charge in [-0.1, -0.05) is 29.8 Å². The Kier molecular flexibility index (Phi) is 4.73. The van der Waals surface area contributed by atoms with Gasteiger partial charge >= 0.3 is 6.09 Å². The van der Waals surface area contributed by atoms with Gasteiger partial charge in [-0.3, -0.25) is 10.1 Å². The molecule has 0 unspecified atom stereocenters. The number of nitrogens with zero attached hydrogens (tertiary/aromatic N) is 1. The highest BCUT2D eigenvalue weighted by atomic mass is 35.5. The van der Waals surface area contributed by atoms with Crippen LogP contribution in [0.25, 0.3) is 0 Å². The van der Waals surface area contributed by atoms with E-state index in [1.54, 1.807) is 18.2 Å². The zero-order valence-corrected chi connectivity index (χ0v) is 11.5. The van der Waals surface area contributed by atoms with Gasteiger partial charge in [0.25, 0.3) is 5.69 Å². The molecule has 21 heavy (non-hydrogen) atoms. The first-order valence-corrected chi connectivity index (χ1v) is 6.37. The first-order chi connectivity index (χ1) is 10.1. The lowest BCUT2D eigenvalue weighted by Crippen LogP contribution is -2.26. The topological polar surface area (TPSA) is 81.5 Å². The van der Waals surface area contributed by atoms with Crippen molar-refractivity contribution in [3.63, 3.8) is 0 Å². The molecule has 108 valence electrons. The Morgan fingerprint density at radius 3 is 2.48 bits per heavy atom. The molecule has 2 aromatic carbocycles. The number of hydrogen-bond acceptors (Lipinski definition) is 4. The number of nitro groups is 1. The molecule has 0 saturated heterocycles. The molecule has 1 N–H and O–H groups in total. The van der Waals surface area contributed by atoms with Crippen LogP contribution in [-0.4, -0.2) is 11.0 Å². The van der Waals surface area contributed by atoms with Gasteiger partial charge < -0.3 is 10.1 Å². The summed E-state index contributed by atoms with van der Waals surface area (Å²) in [5, 5.41) is 13.6. The van der Waals surface area contributed by atoms with Crippen LogP contribution in [0.3, 0.4) is 0 Å². The number of nitro benzene ring substituents is 1. The standard InChI is InChI=1S/C14H11ClN2O4/c15-13-4-2-1-3-10(13)9-16-14(18)21-12-7-5-11(6-8-12)17(19)20/h1-8H,9H2,(H,16,18). The summed E-state index contributed by atoms with van der Waals surface area (Å²) >= 11 is 5.96. The predicted octanol–water partition coefficient (Wildman–Crippen LogP) is 3.54. The monoisotopic (exact) mass is 306 g/mol. The maximum atomic E-state index is 11.6. The Balaban J connectivity index is 1.90. The van der Waals surface area contributed by atoms with E-state index in [0.717, 1.165) is 5.56 Å². The lowest BCUT2D eigenvalue weighted by atomic mass is 10.2. The second-order valence-electron chi connectivity index (χ2n) is 4.09. The number of carbonyl (C=O) groups is 1. The Labute approximate surface area is 125 Å². The molecule has 0 saturated carbocycles. The highest BCUT2D eigenvalue weighted by molar-refractivity contribution is 6.31. The summed E-state index contributed by atoms with van der Waals surface area (Å²) < 4.78 is 4.99. The molecular weight excluding hydrogens is 296 g/mol. The molecule has 6 nitrogen and oxygen atoms in total. The van der Waals surface area contributed by atoms with Crippen molar-refractivity contribution in [2.45, 2.75) is 6.54 Å². The van der Waals surface area contributed by atoms with Crippen LogP contribution >= 0.6 is 11.6 Å². The third kappa shape index (κ3) is 4.19. The summed E-state index contributed by atoms with van der Waals surface area (Å²) in [4.78, 5) is 21.6. The molecule has 0 aliphatic carbocycles. The van der Waals surface area contributed by atoms with Crippen LogP contribution in [0.15, 0.2) is 48.5 Å². The highest BCUT2D eigenvalue weighted by Gasteiger charge is 2.08. The number of non-ortho nitro benzene ring substituents is 1. The third-order valence-corrected chi connectivity index (χ3v) is 3.01. The van der Waals surface area contributed by atoms with Crippen LogP contribution < -0.4 is 10.1 Å². The second-order valence-corrected chi connectivity index (χ2v) is 4.49. The van der Waals surface area contributed by atoms with E-state index in [-0.39, 0.29) is 18.0 Å². The van der Waals surface area contributed by atoms with E-state index in [0.29, 0.717) is 5.02 Å². The van der Waals surface area contributed by atoms with Crippen molar-refractivity contribution in [1.29, 1.82) is 0 Å². The minimum Gasteiger partial charge on any atom is -0.410 e. The zero-order valence-electron chi connectivity index (χ0n) is 10.8. The van der Waals surface area contributed by atoms with E-state index in [1.165, 1.54) is 24.3 Å². The molecule has 1 amide bonds. The van der Waals surface area contributed by atoms with E-state index in [1.807, 2.05) is 6.07 Å². The van der Waals surface area contributed by atoms with Gasteiger partial charge in [0.1, 0.15) is 5.75 Å². The van der Waals surface area contributed by atoms with Gasteiger partial charge in [-0.15, -0.1) is 0 Å². The van der Waals surface area contributed by atoms with Gasteiger partial charge in [-0.05, 0) is 23.8 Å². The van der Waals surface area contributed by atoms with E-state index in [9.17, 15) is 14.9 Å². The Morgan fingerprint density at radius 2 is 1.86 bits per heavy atom. The quantitative estimate of drug-likeness (QED) is 0.692. The Hall–Kier alpha value is -2.60. The molecule has 0 heterocycles. The first-order valence-electron chi connectivity index (χ1n) is 6.00. The molecular formula is C14H11ClN2O4. The lowest BCUT2D eigenvalue weighted by Gasteiger charge is -2.07. The second kappa shape index (κ2) is 6.71. The largest absolute Gasteiger partial charge is 0.412 e. The molecule has 0 aliphatic rings. The fraction of sp³-hybridized carbons (Fsp3) is 0.0714. The van der Waals surface area contributed by atoms with Crippen molar-refractivity contribution >= 4 is 23.4 Å². The van der Waals surface area contributed by atoms with Crippen LogP contribution in [-0.2, 0) is 6.54 Å². The number of rotatable bonds is 4. The average molecular weight is 307 g/mol. The fourth-order valence-corrected chi connectivity index (χ4v) is 1.79. The van der Waals surface area contributed by atoms with E-state index in [2.05, 4.69) is 5.32 Å². The molecule has 2 rings (SSSR count). The van der Waals surface area contributed by atoms with Gasteiger partial charge in [-0.25, -0.2) is 4.79 Å². The van der Waals surface area contributed by atoms with E-state index < -0.39 is 11.0 Å². The number of hydrogen-bond donors (Lipinski definition) is 1.